The number of fused-ring (bicyclic) bond motifs is 5. The molecule has 3 saturated heterocycles. The van der Waals surface area contributed by atoms with Crippen LogP contribution in [0.1, 0.15) is 95.0 Å². The van der Waals surface area contributed by atoms with Gasteiger partial charge in [-0.15, -0.1) is 0 Å². The molecule has 4 aromatic rings. The third kappa shape index (κ3) is 6.53. The molecule has 1 saturated carbocycles. The number of carbonyl (C=O) groups is 3. The number of piperidine rings is 2. The lowest BCUT2D eigenvalue weighted by Crippen LogP contribution is -2.59. The summed E-state index contributed by atoms with van der Waals surface area (Å²) < 4.78 is 6.31. The van der Waals surface area contributed by atoms with Crippen LogP contribution in [0.2, 0.25) is 0 Å². The number of anilines is 2. The number of carbonyl (C=O) groups excluding carboxylic acids is 3. The normalized spacial score (nSPS) is 26.4. The summed E-state index contributed by atoms with van der Waals surface area (Å²) in [4.78, 5) is 52.0. The van der Waals surface area contributed by atoms with Gasteiger partial charge in [0, 0.05) is 69.9 Å². The quantitative estimate of drug-likeness (QED) is 0.227. The monoisotopic (exact) mass is 792 g/mol. The predicted octanol–water partition coefficient (Wildman–Crippen LogP) is 5.99. The van der Waals surface area contributed by atoms with E-state index in [0.29, 0.717) is 42.2 Å². The number of aromatic nitrogens is 1. The molecule has 11 rings (SSSR count). The highest BCUT2D eigenvalue weighted by Gasteiger charge is 2.47. The maximum Gasteiger partial charge on any atom is 0.255 e. The van der Waals surface area contributed by atoms with Crippen molar-refractivity contribution in [2.75, 3.05) is 55.7 Å². The van der Waals surface area contributed by atoms with Crippen LogP contribution in [0.15, 0.2) is 79.0 Å². The Kier molecular flexibility index (Phi) is 8.94. The van der Waals surface area contributed by atoms with E-state index in [1.165, 1.54) is 47.9 Å². The molecule has 59 heavy (non-hydrogen) atoms. The van der Waals surface area contributed by atoms with E-state index < -0.39 is 6.04 Å². The van der Waals surface area contributed by atoms with E-state index in [4.69, 9.17) is 9.72 Å². The van der Waals surface area contributed by atoms with Gasteiger partial charge in [0.15, 0.2) is 0 Å². The lowest BCUT2D eigenvalue weighted by Gasteiger charge is -2.54. The van der Waals surface area contributed by atoms with Crippen LogP contribution in [0.4, 0.5) is 11.5 Å². The smallest absolute Gasteiger partial charge is 0.255 e. The topological polar surface area (TPSA) is 119 Å². The van der Waals surface area contributed by atoms with Crippen molar-refractivity contribution in [3.63, 3.8) is 0 Å². The summed E-state index contributed by atoms with van der Waals surface area (Å²) in [5, 5.41) is 12.6. The van der Waals surface area contributed by atoms with Gasteiger partial charge >= 0.3 is 0 Å². The highest BCUT2D eigenvalue weighted by atomic mass is 16.5. The summed E-state index contributed by atoms with van der Waals surface area (Å²) in [5.41, 5.74) is 8.18. The molecule has 1 aromatic heterocycles. The molecule has 7 aliphatic rings. The van der Waals surface area contributed by atoms with Crippen molar-refractivity contribution in [1.82, 2.24) is 20.1 Å². The molecule has 1 spiro atoms. The number of aryl methyl sites for hydroxylation is 1. The Morgan fingerprint density at radius 1 is 0.847 bits per heavy atom. The summed E-state index contributed by atoms with van der Waals surface area (Å²) in [5.74, 6) is 2.65. The van der Waals surface area contributed by atoms with Crippen LogP contribution in [-0.2, 0) is 22.6 Å². The maximum absolute atomic E-state index is 13.4. The molecule has 6 heterocycles. The number of phenols is 1. The van der Waals surface area contributed by atoms with Gasteiger partial charge in [-0.3, -0.25) is 24.6 Å². The Labute approximate surface area is 345 Å². The number of amides is 3. The second kappa shape index (κ2) is 14.4. The zero-order valence-corrected chi connectivity index (χ0v) is 33.5. The van der Waals surface area contributed by atoms with Gasteiger partial charge in [-0.2, -0.15) is 0 Å². The van der Waals surface area contributed by atoms with Gasteiger partial charge in [0.1, 0.15) is 30.0 Å². The highest BCUT2D eigenvalue weighted by molar-refractivity contribution is 6.06. The molecular formula is C48H52N6O5. The van der Waals surface area contributed by atoms with E-state index in [1.807, 2.05) is 18.2 Å². The fraction of sp³-hybridized carbons (Fsp3) is 0.458. The fourth-order valence-corrected chi connectivity index (χ4v) is 12.0. The second-order valence-corrected chi connectivity index (χ2v) is 18.4. The van der Waals surface area contributed by atoms with Gasteiger partial charge in [-0.05, 0) is 120 Å². The number of hydrogen-bond donors (Lipinski definition) is 2. The number of imide groups is 1. The summed E-state index contributed by atoms with van der Waals surface area (Å²) in [7, 11) is 0. The van der Waals surface area contributed by atoms with E-state index in [2.05, 4.69) is 80.8 Å². The minimum atomic E-state index is -0.618. The SMILES string of the molecule is O=C1CC[C@H](N2Cc3cc4c(cc3C2=O)OC[C@@H]2CN(CC3CC5(CCN(c6ccc([C@H]7c8ccc(O)cc8CC[C@H]7c7ccccc7)cn6)CC5)C3)CCN42)C(=O)N1. The van der Waals surface area contributed by atoms with E-state index in [-0.39, 0.29) is 36.1 Å². The van der Waals surface area contributed by atoms with Crippen LogP contribution in [0.3, 0.4) is 0 Å². The molecule has 0 radical (unpaired) electrons. The Morgan fingerprint density at radius 2 is 1.69 bits per heavy atom. The number of aromatic hydroxyl groups is 1. The number of nitrogens with one attached hydrogen (secondary N) is 1. The van der Waals surface area contributed by atoms with Gasteiger partial charge in [-0.1, -0.05) is 42.5 Å². The zero-order valence-electron chi connectivity index (χ0n) is 33.5. The summed E-state index contributed by atoms with van der Waals surface area (Å²) >= 11 is 0. The van der Waals surface area contributed by atoms with Gasteiger partial charge in [0.05, 0.1) is 11.7 Å². The van der Waals surface area contributed by atoms with E-state index >= 15 is 0 Å². The lowest BCUT2D eigenvalue weighted by molar-refractivity contribution is -0.136. The van der Waals surface area contributed by atoms with Crippen LogP contribution >= 0.6 is 0 Å². The molecule has 4 atom stereocenters. The standard InChI is InChI=1S/C48H52N6O5/c55-36-8-10-38-32(20-36)6-9-37(31-4-2-1-3-5-31)45(38)33-7-12-43(49-25-33)52-16-14-48(15-17-52)23-30(24-48)26-51-18-19-53-35(28-51)29-59-42-22-39-34(21-41(42)53)27-54(47(39)58)40-11-13-44(56)50-46(40)57/h1-5,7-8,10,12,20-22,25,30,35,37,40,45,55H,6,9,11,13-19,23-24,26-29H2,(H,50,56,57)/t35-,37-,40-,45+/m0/s1. The minimum absolute atomic E-state index is 0.162. The van der Waals surface area contributed by atoms with Crippen molar-refractivity contribution in [3.05, 3.63) is 112 Å². The van der Waals surface area contributed by atoms with Gasteiger partial charge < -0.3 is 24.5 Å². The summed E-state index contributed by atoms with van der Waals surface area (Å²) in [6, 6.07) is 24.9. The first kappa shape index (κ1) is 36.6. The Balaban J connectivity index is 0.687. The Morgan fingerprint density at radius 3 is 2.49 bits per heavy atom. The van der Waals surface area contributed by atoms with Crippen LogP contribution in [-0.4, -0.2) is 95.6 Å². The van der Waals surface area contributed by atoms with Crippen LogP contribution in [0, 0.1) is 11.3 Å². The number of piperazine rings is 1. The average molecular weight is 793 g/mol. The molecule has 2 N–H and O–H groups in total. The van der Waals surface area contributed by atoms with E-state index in [0.717, 1.165) is 80.8 Å². The van der Waals surface area contributed by atoms with Crippen molar-refractivity contribution < 1.29 is 24.2 Å². The number of nitrogens with zero attached hydrogens (tertiary/aromatic N) is 5. The molecule has 4 fully saturated rings. The number of phenolic OH excluding ortho intramolecular Hbond substituents is 1. The van der Waals surface area contributed by atoms with Gasteiger partial charge in [-0.25, -0.2) is 4.98 Å². The van der Waals surface area contributed by atoms with E-state index in [1.54, 1.807) is 4.90 Å². The molecule has 3 aromatic carbocycles. The summed E-state index contributed by atoms with van der Waals surface area (Å²) in [6.45, 7) is 7.11. The molecular weight excluding hydrogens is 741 g/mol. The maximum atomic E-state index is 13.4. The Hall–Kier alpha value is -5.42. The van der Waals surface area contributed by atoms with E-state index in [9.17, 15) is 19.5 Å². The average Bonchev–Trinajstić information content (AvgIpc) is 3.56. The number of benzene rings is 3. The van der Waals surface area contributed by atoms with Crippen LogP contribution in [0.25, 0.3) is 0 Å². The first-order valence-electron chi connectivity index (χ1n) is 21.8. The first-order chi connectivity index (χ1) is 28.8. The van der Waals surface area contributed by atoms with Crippen molar-refractivity contribution >= 4 is 29.2 Å². The molecule has 0 bridgehead atoms. The van der Waals surface area contributed by atoms with Crippen LogP contribution in [0.5, 0.6) is 11.5 Å². The third-order valence-corrected chi connectivity index (χ3v) is 15.0. The predicted molar refractivity (Wildman–Crippen MR) is 224 cm³/mol. The highest BCUT2D eigenvalue weighted by Crippen LogP contribution is 2.53. The van der Waals surface area contributed by atoms with Gasteiger partial charge in [0.25, 0.3) is 5.91 Å². The van der Waals surface area contributed by atoms with Crippen molar-refractivity contribution in [2.45, 2.75) is 81.8 Å². The number of rotatable bonds is 6. The number of ether oxygens (including phenoxy) is 1. The number of pyridine rings is 1. The molecule has 0 unspecified atom stereocenters. The summed E-state index contributed by atoms with van der Waals surface area (Å²) in [6.07, 6.45) is 9.78. The van der Waals surface area contributed by atoms with Crippen molar-refractivity contribution in [2.24, 2.45) is 11.3 Å². The molecule has 3 amide bonds. The van der Waals surface area contributed by atoms with Crippen molar-refractivity contribution in [1.29, 1.82) is 0 Å². The second-order valence-electron chi connectivity index (χ2n) is 18.4. The Bertz CT molecular complexity index is 2300. The van der Waals surface area contributed by atoms with Crippen molar-refractivity contribution in [3.8, 4) is 11.5 Å². The largest absolute Gasteiger partial charge is 0.508 e. The molecule has 304 valence electrons. The zero-order chi connectivity index (χ0) is 39.8. The lowest BCUT2D eigenvalue weighted by atomic mass is 9.57. The molecule has 5 aliphatic heterocycles. The first-order valence-corrected chi connectivity index (χ1v) is 21.8. The molecule has 2 aliphatic carbocycles. The number of hydrogen-bond acceptors (Lipinski definition) is 9. The minimum Gasteiger partial charge on any atom is -0.508 e. The van der Waals surface area contributed by atoms with Gasteiger partial charge in [0.2, 0.25) is 11.8 Å². The third-order valence-electron chi connectivity index (χ3n) is 15.0. The fourth-order valence-electron chi connectivity index (χ4n) is 12.0. The molecule has 11 nitrogen and oxygen atoms in total. The van der Waals surface area contributed by atoms with Crippen LogP contribution < -0.4 is 19.9 Å². The molecule has 11 heteroatoms.